The summed E-state index contributed by atoms with van der Waals surface area (Å²) in [6, 6.07) is 1.27. The molecule has 4 atom stereocenters. The van der Waals surface area contributed by atoms with Crippen LogP contribution in [0.3, 0.4) is 0 Å². The molecule has 0 aromatic carbocycles. The van der Waals surface area contributed by atoms with Crippen LogP contribution in [0.4, 0.5) is 4.79 Å². The van der Waals surface area contributed by atoms with E-state index < -0.39 is 5.60 Å². The fourth-order valence-corrected chi connectivity index (χ4v) is 3.81. The third-order valence-electron chi connectivity index (χ3n) is 4.83. The van der Waals surface area contributed by atoms with Gasteiger partial charge in [0.15, 0.2) is 0 Å². The van der Waals surface area contributed by atoms with E-state index in [1.807, 2.05) is 20.8 Å². The summed E-state index contributed by atoms with van der Waals surface area (Å²) in [4.78, 5) is 12.0. The molecule has 2 aliphatic carbocycles. The minimum absolute atomic E-state index is 0.220. The van der Waals surface area contributed by atoms with Gasteiger partial charge in [-0.1, -0.05) is 19.8 Å². The second kappa shape index (κ2) is 6.99. The van der Waals surface area contributed by atoms with Crippen molar-refractivity contribution in [3.05, 3.63) is 0 Å². The lowest BCUT2D eigenvalue weighted by Gasteiger charge is -2.29. The number of nitrogens with one attached hydrogen (secondary N) is 2. The first-order chi connectivity index (χ1) is 9.89. The number of rotatable bonds is 4. The van der Waals surface area contributed by atoms with Gasteiger partial charge in [-0.15, -0.1) is 0 Å². The van der Waals surface area contributed by atoms with Crippen LogP contribution >= 0.6 is 0 Å². The van der Waals surface area contributed by atoms with Gasteiger partial charge in [-0.3, -0.25) is 0 Å². The maximum absolute atomic E-state index is 12.0. The molecule has 2 saturated carbocycles. The van der Waals surface area contributed by atoms with Crippen LogP contribution < -0.4 is 10.6 Å². The molecule has 0 spiro atoms. The minimum Gasteiger partial charge on any atom is -0.444 e. The highest BCUT2D eigenvalue weighted by atomic mass is 16.6. The van der Waals surface area contributed by atoms with E-state index in [1.54, 1.807) is 0 Å². The standard InChI is InChI=1S/C17H32N2O2/c1-5-12-8-6-9-13(12)18-14-10-7-11-15(14)19-16(20)21-17(2,3)4/h12-15,18H,5-11H2,1-4H3,(H,19,20). The molecule has 0 saturated heterocycles. The molecule has 0 radical (unpaired) electrons. The molecule has 0 aromatic heterocycles. The SMILES string of the molecule is CCC1CCCC1NC1CCCC1NC(=O)OC(C)(C)C. The Morgan fingerprint density at radius 3 is 2.33 bits per heavy atom. The van der Waals surface area contributed by atoms with E-state index >= 15 is 0 Å². The molecule has 0 heterocycles. The van der Waals surface area contributed by atoms with Crippen molar-refractivity contribution in [3.8, 4) is 0 Å². The van der Waals surface area contributed by atoms with Crippen LogP contribution in [0.25, 0.3) is 0 Å². The zero-order valence-electron chi connectivity index (χ0n) is 14.1. The van der Waals surface area contributed by atoms with Crippen molar-refractivity contribution in [1.29, 1.82) is 0 Å². The topological polar surface area (TPSA) is 50.4 Å². The van der Waals surface area contributed by atoms with Gasteiger partial charge < -0.3 is 15.4 Å². The molecule has 4 unspecified atom stereocenters. The molecule has 0 aliphatic heterocycles. The highest BCUT2D eigenvalue weighted by molar-refractivity contribution is 5.68. The first-order valence-electron chi connectivity index (χ1n) is 8.64. The number of hydrogen-bond donors (Lipinski definition) is 2. The zero-order chi connectivity index (χ0) is 15.5. The lowest BCUT2D eigenvalue weighted by atomic mass is 9.99. The second-order valence-electron chi connectivity index (χ2n) is 7.66. The van der Waals surface area contributed by atoms with E-state index in [0.717, 1.165) is 18.8 Å². The van der Waals surface area contributed by atoms with E-state index in [9.17, 15) is 4.79 Å². The Bertz CT molecular complexity index is 351. The van der Waals surface area contributed by atoms with Gasteiger partial charge in [0.05, 0.1) is 0 Å². The average molecular weight is 296 g/mol. The maximum atomic E-state index is 12.0. The Morgan fingerprint density at radius 1 is 1.05 bits per heavy atom. The average Bonchev–Trinajstić information content (AvgIpc) is 2.97. The third kappa shape index (κ3) is 4.87. The van der Waals surface area contributed by atoms with Gasteiger partial charge in [0, 0.05) is 18.1 Å². The van der Waals surface area contributed by atoms with Crippen LogP contribution in [0.5, 0.6) is 0 Å². The lowest BCUT2D eigenvalue weighted by molar-refractivity contribution is 0.0496. The Balaban J connectivity index is 1.84. The van der Waals surface area contributed by atoms with E-state index in [4.69, 9.17) is 4.74 Å². The highest BCUT2D eigenvalue weighted by Gasteiger charge is 2.34. The smallest absolute Gasteiger partial charge is 0.407 e. The quantitative estimate of drug-likeness (QED) is 0.833. The number of carbonyl (C=O) groups is 1. The monoisotopic (exact) mass is 296 g/mol. The zero-order valence-corrected chi connectivity index (χ0v) is 14.1. The van der Waals surface area contributed by atoms with Gasteiger partial charge in [0.25, 0.3) is 0 Å². The molecule has 2 rings (SSSR count). The van der Waals surface area contributed by atoms with Gasteiger partial charge in [-0.2, -0.15) is 0 Å². The van der Waals surface area contributed by atoms with E-state index in [0.29, 0.717) is 12.1 Å². The predicted molar refractivity (Wildman–Crippen MR) is 85.4 cm³/mol. The van der Waals surface area contributed by atoms with E-state index in [1.165, 1.54) is 32.1 Å². The molecule has 2 aliphatic rings. The van der Waals surface area contributed by atoms with Crippen molar-refractivity contribution >= 4 is 6.09 Å². The lowest BCUT2D eigenvalue weighted by Crippen LogP contribution is -2.51. The number of amides is 1. The summed E-state index contributed by atoms with van der Waals surface area (Å²) >= 11 is 0. The molecule has 122 valence electrons. The number of hydrogen-bond acceptors (Lipinski definition) is 3. The minimum atomic E-state index is -0.426. The molecule has 2 N–H and O–H groups in total. The van der Waals surface area contributed by atoms with Crippen molar-refractivity contribution in [3.63, 3.8) is 0 Å². The Morgan fingerprint density at radius 2 is 1.67 bits per heavy atom. The Hall–Kier alpha value is -0.770. The van der Waals surface area contributed by atoms with E-state index in [2.05, 4.69) is 17.6 Å². The Kier molecular flexibility index (Phi) is 5.53. The summed E-state index contributed by atoms with van der Waals surface area (Å²) in [7, 11) is 0. The first kappa shape index (κ1) is 16.6. The molecular weight excluding hydrogens is 264 g/mol. The van der Waals surface area contributed by atoms with Crippen LogP contribution in [0.15, 0.2) is 0 Å². The molecule has 0 aromatic rings. The fourth-order valence-electron chi connectivity index (χ4n) is 3.81. The van der Waals surface area contributed by atoms with Gasteiger partial charge in [0.2, 0.25) is 0 Å². The molecule has 2 fully saturated rings. The second-order valence-corrected chi connectivity index (χ2v) is 7.66. The van der Waals surface area contributed by atoms with Crippen molar-refractivity contribution in [2.45, 2.75) is 96.4 Å². The van der Waals surface area contributed by atoms with Crippen molar-refractivity contribution in [2.75, 3.05) is 0 Å². The van der Waals surface area contributed by atoms with Crippen LogP contribution in [0, 0.1) is 5.92 Å². The van der Waals surface area contributed by atoms with Crippen LogP contribution in [-0.2, 0) is 4.74 Å². The predicted octanol–water partition coefficient (Wildman–Crippen LogP) is 3.60. The van der Waals surface area contributed by atoms with Gasteiger partial charge in [-0.05, 0) is 58.8 Å². The number of carbonyl (C=O) groups excluding carboxylic acids is 1. The van der Waals surface area contributed by atoms with Gasteiger partial charge in [0.1, 0.15) is 5.60 Å². The summed E-state index contributed by atoms with van der Waals surface area (Å²) in [6.45, 7) is 8.00. The molecule has 4 heteroatoms. The van der Waals surface area contributed by atoms with Crippen molar-refractivity contribution in [1.82, 2.24) is 10.6 Å². The summed E-state index contributed by atoms with van der Waals surface area (Å²) in [6.07, 6.45) is 8.36. The molecule has 1 amide bonds. The number of ether oxygens (including phenoxy) is 1. The van der Waals surface area contributed by atoms with Crippen LogP contribution in [-0.4, -0.2) is 29.8 Å². The third-order valence-corrected chi connectivity index (χ3v) is 4.83. The normalized spacial score (nSPS) is 33.1. The molecule has 4 nitrogen and oxygen atoms in total. The van der Waals surface area contributed by atoms with E-state index in [-0.39, 0.29) is 12.1 Å². The summed E-state index contributed by atoms with van der Waals surface area (Å²) < 4.78 is 5.38. The largest absolute Gasteiger partial charge is 0.444 e. The highest BCUT2D eigenvalue weighted by Crippen LogP contribution is 2.30. The Labute approximate surface area is 129 Å². The first-order valence-corrected chi connectivity index (χ1v) is 8.64. The molecule has 21 heavy (non-hydrogen) atoms. The van der Waals surface area contributed by atoms with Gasteiger partial charge >= 0.3 is 6.09 Å². The fraction of sp³-hybridized carbons (Fsp3) is 0.941. The number of alkyl carbamates (subject to hydrolysis) is 1. The van der Waals surface area contributed by atoms with Crippen LogP contribution in [0.2, 0.25) is 0 Å². The summed E-state index contributed by atoms with van der Waals surface area (Å²) in [5, 5.41) is 6.90. The summed E-state index contributed by atoms with van der Waals surface area (Å²) in [5.74, 6) is 0.813. The molecule has 0 bridgehead atoms. The van der Waals surface area contributed by atoms with Gasteiger partial charge in [-0.25, -0.2) is 4.79 Å². The maximum Gasteiger partial charge on any atom is 0.407 e. The summed E-state index contributed by atoms with van der Waals surface area (Å²) in [5.41, 5.74) is -0.426. The van der Waals surface area contributed by atoms with Crippen LogP contribution in [0.1, 0.15) is 72.6 Å². The van der Waals surface area contributed by atoms with Crippen molar-refractivity contribution < 1.29 is 9.53 Å². The van der Waals surface area contributed by atoms with Crippen molar-refractivity contribution in [2.24, 2.45) is 5.92 Å². The molecular formula is C17H32N2O2.